The van der Waals surface area contributed by atoms with Gasteiger partial charge in [-0.25, -0.2) is 0 Å². The Balaban J connectivity index is 2.27. The van der Waals surface area contributed by atoms with Gasteiger partial charge < -0.3 is 19.5 Å². The Morgan fingerprint density at radius 3 is 2.30 bits per heavy atom. The van der Waals surface area contributed by atoms with Gasteiger partial charge in [-0.2, -0.15) is 0 Å². The van der Waals surface area contributed by atoms with Crippen LogP contribution in [0.5, 0.6) is 11.5 Å². The Morgan fingerprint density at radius 1 is 1.00 bits per heavy atom. The van der Waals surface area contributed by atoms with Crippen molar-refractivity contribution in [1.82, 2.24) is 0 Å². The summed E-state index contributed by atoms with van der Waals surface area (Å²) in [4.78, 5) is 11.7. The zero-order valence-corrected chi connectivity index (χ0v) is 13.5. The number of hydrogen-bond acceptors (Lipinski definition) is 5. The average Bonchev–Trinajstić information content (AvgIpc) is 2.61. The van der Waals surface area contributed by atoms with Crippen molar-refractivity contribution in [3.8, 4) is 11.5 Å². The highest BCUT2D eigenvalue weighted by Gasteiger charge is 2.18. The third-order valence-corrected chi connectivity index (χ3v) is 3.55. The smallest absolute Gasteiger partial charge is 0.307 e. The molecule has 2 rings (SSSR count). The Labute approximate surface area is 136 Å². The molecule has 0 saturated carbocycles. The summed E-state index contributed by atoms with van der Waals surface area (Å²) in [5.41, 5.74) is 1.78. The zero-order chi connectivity index (χ0) is 16.7. The zero-order valence-electron chi connectivity index (χ0n) is 13.5. The molecule has 0 amide bonds. The Hall–Kier alpha value is -2.69. The minimum absolute atomic E-state index is 0.209. The number of rotatable bonds is 7. The van der Waals surface area contributed by atoms with E-state index in [9.17, 15) is 4.79 Å². The van der Waals surface area contributed by atoms with Crippen molar-refractivity contribution in [1.29, 1.82) is 0 Å². The van der Waals surface area contributed by atoms with Crippen molar-refractivity contribution >= 4 is 11.7 Å². The lowest BCUT2D eigenvalue weighted by molar-refractivity contribution is -0.140. The predicted molar refractivity (Wildman–Crippen MR) is 89.0 cm³/mol. The van der Waals surface area contributed by atoms with E-state index in [2.05, 4.69) is 5.32 Å². The molecule has 0 fully saturated rings. The molecule has 2 aromatic rings. The molecule has 0 bridgehead atoms. The van der Waals surface area contributed by atoms with Crippen molar-refractivity contribution in [3.05, 3.63) is 54.1 Å². The molecule has 1 N–H and O–H groups in total. The van der Waals surface area contributed by atoms with Crippen LogP contribution in [0.2, 0.25) is 0 Å². The van der Waals surface area contributed by atoms with E-state index in [1.165, 1.54) is 7.11 Å². The monoisotopic (exact) mass is 315 g/mol. The first-order valence-corrected chi connectivity index (χ1v) is 7.28. The molecule has 0 heterocycles. The molecule has 1 unspecified atom stereocenters. The molecule has 0 aliphatic rings. The molecular formula is C18H21NO4. The second-order valence-corrected chi connectivity index (χ2v) is 4.95. The van der Waals surface area contributed by atoms with Crippen molar-refractivity contribution in [2.24, 2.45) is 0 Å². The molecule has 2 aromatic carbocycles. The van der Waals surface area contributed by atoms with Crippen molar-refractivity contribution in [3.63, 3.8) is 0 Å². The molecule has 5 heteroatoms. The van der Waals surface area contributed by atoms with Gasteiger partial charge in [0.05, 0.1) is 39.5 Å². The summed E-state index contributed by atoms with van der Waals surface area (Å²) < 4.78 is 15.3. The molecule has 0 radical (unpaired) electrons. The number of carbonyl (C=O) groups excluding carboxylic acids is 1. The van der Waals surface area contributed by atoms with Gasteiger partial charge in [-0.15, -0.1) is 0 Å². The summed E-state index contributed by atoms with van der Waals surface area (Å²) in [7, 11) is 4.62. The fourth-order valence-corrected chi connectivity index (χ4v) is 2.29. The fourth-order valence-electron chi connectivity index (χ4n) is 2.29. The largest absolute Gasteiger partial charge is 0.497 e. The maximum Gasteiger partial charge on any atom is 0.307 e. The lowest BCUT2D eigenvalue weighted by atomic mass is 10.0. The number of anilines is 1. The molecule has 23 heavy (non-hydrogen) atoms. The van der Waals surface area contributed by atoms with E-state index >= 15 is 0 Å². The van der Waals surface area contributed by atoms with E-state index in [-0.39, 0.29) is 18.4 Å². The third-order valence-electron chi connectivity index (χ3n) is 3.55. The van der Waals surface area contributed by atoms with Crippen LogP contribution in [0.25, 0.3) is 0 Å². The van der Waals surface area contributed by atoms with Crippen molar-refractivity contribution < 1.29 is 19.0 Å². The molecule has 0 aromatic heterocycles. The van der Waals surface area contributed by atoms with E-state index in [4.69, 9.17) is 14.2 Å². The quantitative estimate of drug-likeness (QED) is 0.793. The lowest BCUT2D eigenvalue weighted by Gasteiger charge is -2.21. The van der Waals surface area contributed by atoms with Crippen LogP contribution in [-0.4, -0.2) is 27.3 Å². The minimum atomic E-state index is -0.284. The van der Waals surface area contributed by atoms with E-state index < -0.39 is 0 Å². The van der Waals surface area contributed by atoms with Gasteiger partial charge in [0.15, 0.2) is 0 Å². The van der Waals surface area contributed by atoms with Crippen LogP contribution in [0, 0.1) is 0 Å². The summed E-state index contributed by atoms with van der Waals surface area (Å²) >= 11 is 0. The van der Waals surface area contributed by atoms with Gasteiger partial charge in [0.1, 0.15) is 11.5 Å². The van der Waals surface area contributed by atoms with Crippen LogP contribution in [0.4, 0.5) is 5.69 Å². The fraction of sp³-hybridized carbons (Fsp3) is 0.278. The van der Waals surface area contributed by atoms with Gasteiger partial charge in [-0.05, 0) is 29.8 Å². The van der Waals surface area contributed by atoms with Crippen LogP contribution in [-0.2, 0) is 9.53 Å². The first-order chi connectivity index (χ1) is 11.2. The number of methoxy groups -OCH3 is 3. The third kappa shape index (κ3) is 4.39. The maximum atomic E-state index is 11.7. The van der Waals surface area contributed by atoms with Gasteiger partial charge >= 0.3 is 5.97 Å². The molecular weight excluding hydrogens is 294 g/mol. The Kier molecular flexibility index (Phi) is 5.86. The number of hydrogen-bond donors (Lipinski definition) is 1. The predicted octanol–water partition coefficient (Wildman–Crippen LogP) is 3.42. The molecule has 122 valence electrons. The molecule has 5 nitrogen and oxygen atoms in total. The number of para-hydroxylation sites is 2. The molecule has 1 atom stereocenters. The highest BCUT2D eigenvalue weighted by molar-refractivity contribution is 5.71. The van der Waals surface area contributed by atoms with Crippen LogP contribution < -0.4 is 14.8 Å². The van der Waals surface area contributed by atoms with Crippen molar-refractivity contribution in [2.75, 3.05) is 26.6 Å². The van der Waals surface area contributed by atoms with E-state index in [0.29, 0.717) is 0 Å². The average molecular weight is 315 g/mol. The number of nitrogens with one attached hydrogen (secondary N) is 1. The minimum Gasteiger partial charge on any atom is -0.497 e. The second kappa shape index (κ2) is 8.08. The second-order valence-electron chi connectivity index (χ2n) is 4.95. The SMILES string of the molecule is COC(=O)CC(Nc1ccccc1OC)c1ccc(OC)cc1. The van der Waals surface area contributed by atoms with Crippen molar-refractivity contribution in [2.45, 2.75) is 12.5 Å². The molecule has 0 aliphatic heterocycles. The van der Waals surface area contributed by atoms with Crippen LogP contribution in [0.1, 0.15) is 18.0 Å². The Morgan fingerprint density at radius 2 is 1.70 bits per heavy atom. The van der Waals surface area contributed by atoms with Gasteiger partial charge in [-0.1, -0.05) is 24.3 Å². The summed E-state index contributed by atoms with van der Waals surface area (Å²) in [5, 5.41) is 3.35. The number of carbonyl (C=O) groups is 1. The topological polar surface area (TPSA) is 56.8 Å². The summed E-state index contributed by atoms with van der Waals surface area (Å²) in [6.07, 6.45) is 0.209. The molecule has 0 aliphatic carbocycles. The van der Waals surface area contributed by atoms with Gasteiger partial charge in [-0.3, -0.25) is 4.79 Å². The van der Waals surface area contributed by atoms with Gasteiger partial charge in [0, 0.05) is 0 Å². The highest BCUT2D eigenvalue weighted by Crippen LogP contribution is 2.30. The highest BCUT2D eigenvalue weighted by atomic mass is 16.5. The summed E-state index contributed by atoms with van der Waals surface area (Å²) in [6.45, 7) is 0. The summed E-state index contributed by atoms with van der Waals surface area (Å²) in [5.74, 6) is 1.20. The van der Waals surface area contributed by atoms with E-state index in [0.717, 1.165) is 22.7 Å². The number of benzene rings is 2. The molecule has 0 spiro atoms. The van der Waals surface area contributed by atoms with Gasteiger partial charge in [0.2, 0.25) is 0 Å². The maximum absolute atomic E-state index is 11.7. The molecule has 0 saturated heterocycles. The normalized spacial score (nSPS) is 11.4. The van der Waals surface area contributed by atoms with E-state index in [1.54, 1.807) is 14.2 Å². The van der Waals surface area contributed by atoms with Gasteiger partial charge in [0.25, 0.3) is 0 Å². The first kappa shape index (κ1) is 16.7. The van der Waals surface area contributed by atoms with Crippen LogP contribution >= 0.6 is 0 Å². The summed E-state index contributed by atoms with van der Waals surface area (Å²) in [6, 6.07) is 14.9. The standard InChI is InChI=1S/C18H21NO4/c1-21-14-10-8-13(9-11-14)16(12-18(20)23-3)19-15-6-4-5-7-17(15)22-2/h4-11,16,19H,12H2,1-3H3. The lowest BCUT2D eigenvalue weighted by Crippen LogP contribution is -2.16. The van der Waals surface area contributed by atoms with E-state index in [1.807, 2.05) is 48.5 Å². The number of esters is 1. The first-order valence-electron chi connectivity index (χ1n) is 7.28. The Bertz CT molecular complexity index is 640. The van der Waals surface area contributed by atoms with Crippen LogP contribution in [0.3, 0.4) is 0 Å². The van der Waals surface area contributed by atoms with Crippen LogP contribution in [0.15, 0.2) is 48.5 Å². The number of ether oxygens (including phenoxy) is 3.